The molecule has 2 aromatic rings. The molecule has 0 fully saturated rings. The van der Waals surface area contributed by atoms with Crippen LogP contribution < -0.4 is 14.8 Å². The molecular weight excluding hydrogens is 285 g/mol. The molecule has 0 spiro atoms. The van der Waals surface area contributed by atoms with E-state index in [1.165, 1.54) is 0 Å². The van der Waals surface area contributed by atoms with Crippen molar-refractivity contribution in [2.24, 2.45) is 0 Å². The summed E-state index contributed by atoms with van der Waals surface area (Å²) < 4.78 is 24.4. The quantitative estimate of drug-likeness (QED) is 0.861. The first-order valence-electron chi connectivity index (χ1n) is 5.61. The van der Waals surface area contributed by atoms with E-state index >= 15 is 0 Å². The molecule has 0 saturated heterocycles. The van der Waals surface area contributed by atoms with Gasteiger partial charge in [0, 0.05) is 0 Å². The minimum Gasteiger partial charge on any atom is -0.454 e. The standard InChI is InChI=1S/C13H7ClFN3O2/c14-12-7(5-16)4-8(15)13(18-12)17-9-2-1-3-10-11(9)20-6-19-10/h1-4H,6H2,(H,17,18). The number of aromatic nitrogens is 1. The number of nitrogens with zero attached hydrogens (tertiary/aromatic N) is 2. The van der Waals surface area contributed by atoms with Gasteiger partial charge in [-0.15, -0.1) is 0 Å². The second kappa shape index (κ2) is 4.87. The Balaban J connectivity index is 1.99. The number of para-hydroxylation sites is 1. The van der Waals surface area contributed by atoms with Crippen LogP contribution in [0, 0.1) is 17.1 Å². The molecule has 1 N–H and O–H groups in total. The highest BCUT2D eigenvalue weighted by Crippen LogP contribution is 2.40. The summed E-state index contributed by atoms with van der Waals surface area (Å²) in [7, 11) is 0. The Morgan fingerprint density at radius 2 is 2.25 bits per heavy atom. The third-order valence-electron chi connectivity index (χ3n) is 2.70. The van der Waals surface area contributed by atoms with Crippen molar-refractivity contribution >= 4 is 23.1 Å². The molecule has 5 nitrogen and oxygen atoms in total. The molecule has 0 saturated carbocycles. The summed E-state index contributed by atoms with van der Waals surface area (Å²) in [5, 5.41) is 11.5. The first-order chi connectivity index (χ1) is 9.69. The van der Waals surface area contributed by atoms with Crippen LogP contribution in [0.4, 0.5) is 15.9 Å². The molecule has 0 radical (unpaired) electrons. The van der Waals surface area contributed by atoms with Crippen LogP contribution in [0.2, 0.25) is 5.15 Å². The number of rotatable bonds is 2. The summed E-state index contributed by atoms with van der Waals surface area (Å²) in [6.45, 7) is 0.109. The van der Waals surface area contributed by atoms with Gasteiger partial charge in [-0.2, -0.15) is 5.26 Å². The maximum Gasteiger partial charge on any atom is 0.231 e. The topological polar surface area (TPSA) is 67.2 Å². The van der Waals surface area contributed by atoms with Crippen molar-refractivity contribution in [1.29, 1.82) is 5.26 Å². The molecule has 2 heterocycles. The van der Waals surface area contributed by atoms with Crippen LogP contribution in [0.15, 0.2) is 24.3 Å². The predicted octanol–water partition coefficient (Wildman–Crippen LogP) is 3.22. The van der Waals surface area contributed by atoms with Gasteiger partial charge in [0.25, 0.3) is 0 Å². The lowest BCUT2D eigenvalue weighted by molar-refractivity contribution is 0.174. The number of anilines is 2. The van der Waals surface area contributed by atoms with Gasteiger partial charge in [0.2, 0.25) is 6.79 Å². The van der Waals surface area contributed by atoms with Gasteiger partial charge >= 0.3 is 0 Å². The predicted molar refractivity (Wildman–Crippen MR) is 69.8 cm³/mol. The van der Waals surface area contributed by atoms with Gasteiger partial charge < -0.3 is 14.8 Å². The van der Waals surface area contributed by atoms with Crippen LogP contribution in [-0.2, 0) is 0 Å². The van der Waals surface area contributed by atoms with E-state index in [2.05, 4.69) is 10.3 Å². The molecule has 1 aliphatic heterocycles. The number of halogens is 2. The number of nitriles is 1. The molecule has 0 unspecified atom stereocenters. The molecular formula is C13H7ClFN3O2. The molecule has 1 aliphatic rings. The fourth-order valence-corrected chi connectivity index (χ4v) is 1.97. The number of benzene rings is 1. The normalized spacial score (nSPS) is 12.1. The Bertz CT molecular complexity index is 730. The van der Waals surface area contributed by atoms with E-state index in [-0.39, 0.29) is 23.3 Å². The Hall–Kier alpha value is -2.52. The third-order valence-corrected chi connectivity index (χ3v) is 2.99. The number of pyridine rings is 1. The van der Waals surface area contributed by atoms with Crippen molar-refractivity contribution < 1.29 is 13.9 Å². The van der Waals surface area contributed by atoms with Crippen molar-refractivity contribution in [3.05, 3.63) is 40.8 Å². The first-order valence-corrected chi connectivity index (χ1v) is 5.98. The van der Waals surface area contributed by atoms with Gasteiger partial charge in [0.1, 0.15) is 11.2 Å². The average Bonchev–Trinajstić information content (AvgIpc) is 2.92. The molecule has 100 valence electrons. The summed E-state index contributed by atoms with van der Waals surface area (Å²) in [6.07, 6.45) is 0. The molecule has 3 rings (SSSR count). The zero-order chi connectivity index (χ0) is 14.1. The minimum atomic E-state index is -0.678. The van der Waals surface area contributed by atoms with Crippen LogP contribution in [0.5, 0.6) is 11.5 Å². The summed E-state index contributed by atoms with van der Waals surface area (Å²) in [5.74, 6) is 0.282. The van der Waals surface area contributed by atoms with Gasteiger partial charge in [0.15, 0.2) is 23.1 Å². The Kier molecular flexibility index (Phi) is 3.05. The summed E-state index contributed by atoms with van der Waals surface area (Å²) in [6, 6.07) is 7.96. The van der Waals surface area contributed by atoms with Gasteiger partial charge in [-0.05, 0) is 18.2 Å². The van der Waals surface area contributed by atoms with E-state index in [0.717, 1.165) is 6.07 Å². The highest BCUT2D eigenvalue weighted by molar-refractivity contribution is 6.30. The Labute approximate surface area is 118 Å². The van der Waals surface area contributed by atoms with Crippen molar-refractivity contribution in [3.8, 4) is 17.6 Å². The molecule has 0 bridgehead atoms. The number of fused-ring (bicyclic) bond motifs is 1. The van der Waals surface area contributed by atoms with Crippen LogP contribution >= 0.6 is 11.6 Å². The van der Waals surface area contributed by atoms with Crippen LogP contribution in [0.3, 0.4) is 0 Å². The molecule has 0 amide bonds. The fraction of sp³-hybridized carbons (Fsp3) is 0.0769. The van der Waals surface area contributed by atoms with E-state index in [0.29, 0.717) is 17.2 Å². The monoisotopic (exact) mass is 291 g/mol. The van der Waals surface area contributed by atoms with Crippen molar-refractivity contribution in [3.63, 3.8) is 0 Å². The van der Waals surface area contributed by atoms with Gasteiger partial charge in [-0.25, -0.2) is 9.37 Å². The van der Waals surface area contributed by atoms with E-state index in [4.69, 9.17) is 26.3 Å². The number of nitrogens with one attached hydrogen (secondary N) is 1. The smallest absolute Gasteiger partial charge is 0.231 e. The number of hydrogen-bond acceptors (Lipinski definition) is 5. The van der Waals surface area contributed by atoms with Crippen molar-refractivity contribution in [2.75, 3.05) is 12.1 Å². The maximum atomic E-state index is 13.8. The lowest BCUT2D eigenvalue weighted by Crippen LogP contribution is -2.00. The third kappa shape index (κ3) is 2.08. The molecule has 0 aliphatic carbocycles. The summed E-state index contributed by atoms with van der Waals surface area (Å²) in [5.41, 5.74) is 0.486. The summed E-state index contributed by atoms with van der Waals surface area (Å²) in [4.78, 5) is 3.82. The average molecular weight is 292 g/mol. The Morgan fingerprint density at radius 3 is 3.05 bits per heavy atom. The van der Waals surface area contributed by atoms with Crippen LogP contribution in [0.25, 0.3) is 0 Å². The molecule has 1 aromatic heterocycles. The zero-order valence-corrected chi connectivity index (χ0v) is 10.7. The minimum absolute atomic E-state index is 0.0207. The fourth-order valence-electron chi connectivity index (χ4n) is 1.79. The Morgan fingerprint density at radius 1 is 1.40 bits per heavy atom. The van der Waals surface area contributed by atoms with Crippen LogP contribution in [0.1, 0.15) is 5.56 Å². The van der Waals surface area contributed by atoms with E-state index in [9.17, 15) is 4.39 Å². The van der Waals surface area contributed by atoms with E-state index in [1.807, 2.05) is 0 Å². The maximum absolute atomic E-state index is 13.8. The number of ether oxygens (including phenoxy) is 2. The zero-order valence-electron chi connectivity index (χ0n) is 9.98. The highest BCUT2D eigenvalue weighted by Gasteiger charge is 2.19. The number of hydrogen-bond donors (Lipinski definition) is 1. The lowest BCUT2D eigenvalue weighted by atomic mass is 10.2. The van der Waals surface area contributed by atoms with Gasteiger partial charge in [0.05, 0.1) is 11.3 Å². The van der Waals surface area contributed by atoms with Crippen LogP contribution in [-0.4, -0.2) is 11.8 Å². The van der Waals surface area contributed by atoms with E-state index < -0.39 is 5.82 Å². The van der Waals surface area contributed by atoms with Crippen molar-refractivity contribution in [1.82, 2.24) is 4.98 Å². The molecule has 0 atom stereocenters. The molecule has 1 aromatic carbocycles. The second-order valence-electron chi connectivity index (χ2n) is 3.93. The highest BCUT2D eigenvalue weighted by atomic mass is 35.5. The largest absolute Gasteiger partial charge is 0.454 e. The SMILES string of the molecule is N#Cc1cc(F)c(Nc2cccc3c2OCO3)nc1Cl. The van der Waals surface area contributed by atoms with Gasteiger partial charge in [-0.3, -0.25) is 0 Å². The summed E-state index contributed by atoms with van der Waals surface area (Å²) >= 11 is 5.79. The molecule has 7 heteroatoms. The lowest BCUT2D eigenvalue weighted by Gasteiger charge is -2.09. The van der Waals surface area contributed by atoms with Crippen molar-refractivity contribution in [2.45, 2.75) is 0 Å². The van der Waals surface area contributed by atoms with Gasteiger partial charge in [-0.1, -0.05) is 17.7 Å². The molecule has 20 heavy (non-hydrogen) atoms. The first kappa shape index (κ1) is 12.5. The van der Waals surface area contributed by atoms with E-state index in [1.54, 1.807) is 24.3 Å². The second-order valence-corrected chi connectivity index (χ2v) is 4.29.